The van der Waals surface area contributed by atoms with Crippen LogP contribution in [0.4, 0.5) is 0 Å². The lowest BCUT2D eigenvalue weighted by Crippen LogP contribution is -2.44. The molecular formula is C31H23Cl2N3O6. The van der Waals surface area contributed by atoms with Gasteiger partial charge in [0.2, 0.25) is 5.89 Å². The number of carbonyl (C=O) groups is 2. The molecule has 2 aromatic heterocycles. The van der Waals surface area contributed by atoms with E-state index in [1.807, 2.05) is 60.7 Å². The maximum atomic E-state index is 13.4. The van der Waals surface area contributed by atoms with Crippen molar-refractivity contribution < 1.29 is 28.6 Å². The van der Waals surface area contributed by atoms with Crippen molar-refractivity contribution in [3.63, 3.8) is 0 Å². The molecule has 0 saturated carbocycles. The molecule has 0 fully saturated rings. The number of carboxylic acid groups (broad SMARTS) is 1. The summed E-state index contributed by atoms with van der Waals surface area (Å²) in [5, 5.41) is 12.4. The highest BCUT2D eigenvalue weighted by atomic mass is 35.5. The molecule has 0 saturated heterocycles. The third-order valence-corrected chi connectivity index (χ3v) is 6.67. The Hall–Kier alpha value is -4.70. The maximum absolute atomic E-state index is 13.4. The van der Waals surface area contributed by atoms with Crippen molar-refractivity contribution >= 4 is 35.1 Å². The minimum absolute atomic E-state index is 0.0347. The molecule has 42 heavy (non-hydrogen) atoms. The molecule has 0 spiro atoms. The lowest BCUT2D eigenvalue weighted by Gasteiger charge is -2.14. The molecule has 3 aromatic carbocycles. The molecule has 2 heterocycles. The molecule has 0 aliphatic carbocycles. The average molecular weight is 604 g/mol. The van der Waals surface area contributed by atoms with E-state index in [1.54, 1.807) is 24.3 Å². The predicted molar refractivity (Wildman–Crippen MR) is 157 cm³/mol. The predicted octanol–water partition coefficient (Wildman–Crippen LogP) is 6.90. The molecule has 5 rings (SSSR count). The molecule has 0 aliphatic heterocycles. The molecule has 0 bridgehead atoms. The van der Waals surface area contributed by atoms with Crippen molar-refractivity contribution in [2.45, 2.75) is 12.6 Å². The Kier molecular flexibility index (Phi) is 9.13. The Balaban J connectivity index is 1.39. The summed E-state index contributed by atoms with van der Waals surface area (Å²) in [6, 6.07) is 25.6. The molecule has 2 N–H and O–H groups in total. The Morgan fingerprint density at radius 1 is 0.905 bits per heavy atom. The van der Waals surface area contributed by atoms with Crippen LogP contribution in [0.15, 0.2) is 102 Å². The van der Waals surface area contributed by atoms with Crippen LogP contribution in [0.3, 0.4) is 0 Å². The van der Waals surface area contributed by atoms with Gasteiger partial charge in [-0.25, -0.2) is 14.8 Å². The zero-order valence-electron chi connectivity index (χ0n) is 21.9. The summed E-state index contributed by atoms with van der Waals surface area (Å²) in [7, 11) is 0. The van der Waals surface area contributed by atoms with E-state index < -0.39 is 17.9 Å². The van der Waals surface area contributed by atoms with Crippen LogP contribution in [-0.4, -0.2) is 39.6 Å². The van der Waals surface area contributed by atoms with E-state index >= 15 is 0 Å². The number of carbonyl (C=O) groups excluding carboxylic acids is 1. The summed E-state index contributed by atoms with van der Waals surface area (Å²) in [5.74, 6) is -0.649. The molecule has 1 amide bonds. The zero-order valence-corrected chi connectivity index (χ0v) is 23.4. The van der Waals surface area contributed by atoms with Gasteiger partial charge in [-0.15, -0.1) is 0 Å². The van der Waals surface area contributed by atoms with Gasteiger partial charge in [-0.05, 0) is 48.0 Å². The Morgan fingerprint density at radius 2 is 1.57 bits per heavy atom. The van der Waals surface area contributed by atoms with Gasteiger partial charge >= 0.3 is 5.97 Å². The number of para-hydroxylation sites is 1. The van der Waals surface area contributed by atoms with E-state index in [0.29, 0.717) is 22.6 Å². The van der Waals surface area contributed by atoms with Gasteiger partial charge in [0.1, 0.15) is 16.7 Å². The second kappa shape index (κ2) is 13.3. The van der Waals surface area contributed by atoms with Crippen LogP contribution in [0.2, 0.25) is 10.2 Å². The smallest absolute Gasteiger partial charge is 0.328 e. The molecule has 9 nitrogen and oxygen atoms in total. The first-order valence-corrected chi connectivity index (χ1v) is 13.4. The number of carboxylic acids is 1. The van der Waals surface area contributed by atoms with Crippen LogP contribution in [0.25, 0.3) is 22.8 Å². The Labute approximate surface area is 250 Å². The average Bonchev–Trinajstić information content (AvgIpc) is 3.45. The van der Waals surface area contributed by atoms with Gasteiger partial charge in [0.05, 0.1) is 18.2 Å². The number of ether oxygens (including phenoxy) is 2. The number of benzene rings is 3. The lowest BCUT2D eigenvalue weighted by molar-refractivity contribution is -0.141. The number of aliphatic carboxylic acids is 1. The van der Waals surface area contributed by atoms with Gasteiger partial charge in [-0.3, -0.25) is 4.79 Å². The number of nitrogens with one attached hydrogen (secondary N) is 1. The van der Waals surface area contributed by atoms with E-state index in [9.17, 15) is 14.7 Å². The molecule has 0 radical (unpaired) electrons. The van der Waals surface area contributed by atoms with E-state index in [2.05, 4.69) is 15.3 Å². The van der Waals surface area contributed by atoms with Crippen molar-refractivity contribution in [2.75, 3.05) is 6.61 Å². The molecule has 5 aromatic rings. The van der Waals surface area contributed by atoms with Gasteiger partial charge in [0.25, 0.3) is 5.91 Å². The molecule has 1 atom stereocenters. The lowest BCUT2D eigenvalue weighted by atomic mass is 10.1. The van der Waals surface area contributed by atoms with E-state index in [-0.39, 0.29) is 40.7 Å². The summed E-state index contributed by atoms with van der Waals surface area (Å²) in [6.07, 6.45) is 1.38. The van der Waals surface area contributed by atoms with Crippen molar-refractivity contribution in [3.05, 3.63) is 119 Å². The summed E-state index contributed by atoms with van der Waals surface area (Å²) in [6.45, 7) is -0.0913. The van der Waals surface area contributed by atoms with Crippen molar-refractivity contribution in [1.82, 2.24) is 15.3 Å². The minimum atomic E-state index is -1.35. The summed E-state index contributed by atoms with van der Waals surface area (Å²) >= 11 is 12.2. The maximum Gasteiger partial charge on any atom is 0.328 e. The number of hydrogen-bond acceptors (Lipinski definition) is 7. The molecule has 0 unspecified atom stereocenters. The molecule has 11 heteroatoms. The van der Waals surface area contributed by atoms with Gasteiger partial charge < -0.3 is 24.3 Å². The van der Waals surface area contributed by atoms with Gasteiger partial charge in [0.15, 0.2) is 17.5 Å². The standard InChI is InChI=1S/C31H23Cl2N3O6/c32-24-15-21(16-34-28(24)33)27-26(29(37)35-25(31(38)39)18-40-17-19-7-3-1-4-8-19)36-30(42-27)20-11-13-23(14-12-20)41-22-9-5-2-6-10-22/h1-16,25H,17-18H2,(H,35,37)(H,38,39)/t25-/m0/s1. The number of oxazole rings is 1. The van der Waals surface area contributed by atoms with Crippen LogP contribution in [-0.2, 0) is 16.1 Å². The number of halogens is 2. The third kappa shape index (κ3) is 7.13. The van der Waals surface area contributed by atoms with Crippen molar-refractivity contribution in [3.8, 4) is 34.3 Å². The zero-order chi connectivity index (χ0) is 29.5. The minimum Gasteiger partial charge on any atom is -0.480 e. The van der Waals surface area contributed by atoms with E-state index in [0.717, 1.165) is 5.56 Å². The van der Waals surface area contributed by atoms with Crippen LogP contribution in [0.1, 0.15) is 16.1 Å². The highest BCUT2D eigenvalue weighted by Gasteiger charge is 2.28. The van der Waals surface area contributed by atoms with Crippen molar-refractivity contribution in [2.24, 2.45) is 0 Å². The van der Waals surface area contributed by atoms with Crippen LogP contribution >= 0.6 is 23.2 Å². The van der Waals surface area contributed by atoms with Crippen LogP contribution in [0, 0.1) is 0 Å². The molecule has 0 aliphatic rings. The monoisotopic (exact) mass is 603 g/mol. The number of rotatable bonds is 11. The first kappa shape index (κ1) is 28.8. The normalized spacial score (nSPS) is 11.6. The highest BCUT2D eigenvalue weighted by Crippen LogP contribution is 2.33. The number of nitrogens with zero attached hydrogens (tertiary/aromatic N) is 2. The van der Waals surface area contributed by atoms with Gasteiger partial charge in [0, 0.05) is 17.3 Å². The number of pyridine rings is 1. The first-order chi connectivity index (χ1) is 20.4. The van der Waals surface area contributed by atoms with E-state index in [4.69, 9.17) is 37.1 Å². The van der Waals surface area contributed by atoms with Gasteiger partial charge in [-0.1, -0.05) is 71.7 Å². The topological polar surface area (TPSA) is 124 Å². The molecular weight excluding hydrogens is 581 g/mol. The van der Waals surface area contributed by atoms with Crippen molar-refractivity contribution in [1.29, 1.82) is 0 Å². The fraction of sp³-hybridized carbons (Fsp3) is 0.0968. The third-order valence-electron chi connectivity index (χ3n) is 5.98. The van der Waals surface area contributed by atoms with E-state index in [1.165, 1.54) is 12.3 Å². The first-order valence-electron chi connectivity index (χ1n) is 12.7. The Bertz CT molecular complexity index is 1680. The number of hydrogen-bond donors (Lipinski definition) is 2. The highest BCUT2D eigenvalue weighted by molar-refractivity contribution is 6.41. The van der Waals surface area contributed by atoms with Crippen LogP contribution < -0.4 is 10.1 Å². The number of aromatic nitrogens is 2. The van der Waals surface area contributed by atoms with Gasteiger partial charge in [-0.2, -0.15) is 0 Å². The Morgan fingerprint density at radius 3 is 2.24 bits per heavy atom. The quantitative estimate of drug-likeness (QED) is 0.156. The fourth-order valence-corrected chi connectivity index (χ4v) is 4.17. The van der Waals surface area contributed by atoms with Crippen LogP contribution in [0.5, 0.6) is 11.5 Å². The second-order valence-electron chi connectivity index (χ2n) is 9.00. The molecule has 212 valence electrons. The second-order valence-corrected chi connectivity index (χ2v) is 9.76. The SMILES string of the molecule is O=C(N[C@@H](COCc1ccccc1)C(=O)O)c1nc(-c2ccc(Oc3ccccc3)cc2)oc1-c1cnc(Cl)c(Cl)c1. The summed E-state index contributed by atoms with van der Waals surface area (Å²) < 4.78 is 17.4. The fourth-order valence-electron chi connectivity index (χ4n) is 3.90. The summed E-state index contributed by atoms with van der Waals surface area (Å²) in [5.41, 5.74) is 1.57. The largest absolute Gasteiger partial charge is 0.480 e. The number of amides is 1. The summed E-state index contributed by atoms with van der Waals surface area (Å²) in [4.78, 5) is 33.8.